The van der Waals surface area contributed by atoms with E-state index in [2.05, 4.69) is 29.4 Å². The van der Waals surface area contributed by atoms with Crippen molar-refractivity contribution in [2.45, 2.75) is 71.2 Å². The number of nitrogens with one attached hydrogen (secondary N) is 1. The number of rotatable bonds is 5. The van der Waals surface area contributed by atoms with E-state index < -0.39 is 23.4 Å². The largest absolute Gasteiger partial charge is 0.435 e. The molecule has 188 valence electrons. The number of carbonyl (C=O) groups excluding carboxylic acids is 1. The van der Waals surface area contributed by atoms with E-state index in [9.17, 15) is 23.1 Å². The Labute approximate surface area is 201 Å². The Morgan fingerprint density at radius 1 is 1.11 bits per heavy atom. The van der Waals surface area contributed by atoms with Crippen LogP contribution < -0.4 is 5.32 Å². The summed E-state index contributed by atoms with van der Waals surface area (Å²) < 4.78 is 40.2. The molecule has 0 spiro atoms. The lowest BCUT2D eigenvalue weighted by Crippen LogP contribution is -2.22. The number of carbonyl (C=O) groups is 1. The lowest BCUT2D eigenvalue weighted by atomic mass is 9.80. The van der Waals surface area contributed by atoms with Gasteiger partial charge in [0.1, 0.15) is 0 Å². The zero-order chi connectivity index (χ0) is 25.5. The molecule has 0 unspecified atom stereocenters. The Bertz CT molecular complexity index is 1200. The third-order valence-electron chi connectivity index (χ3n) is 6.81. The maximum Gasteiger partial charge on any atom is 0.435 e. The van der Waals surface area contributed by atoms with Gasteiger partial charge in [0, 0.05) is 22.8 Å². The molecule has 1 saturated carbocycles. The number of anilines is 1. The standard InChI is InChI=1S/C25H30F3N5O2/c1-14(2)15-5-7-17(8-6-15)33-13-16-11-21(18(24(3,4)35)12-20(16)32-33)29-23(34)19-9-10-22(31-30-19)25(26,27)28/h9-15,17,35H,5-8H2,1-4H3,(H,29,34). The second-order valence-corrected chi connectivity index (χ2v) is 10.2. The van der Waals surface area contributed by atoms with Crippen LogP contribution in [0.4, 0.5) is 18.9 Å². The van der Waals surface area contributed by atoms with Gasteiger partial charge in [0.25, 0.3) is 5.91 Å². The van der Waals surface area contributed by atoms with Gasteiger partial charge in [-0.2, -0.15) is 18.3 Å². The van der Waals surface area contributed by atoms with Crippen LogP contribution in [-0.4, -0.2) is 31.0 Å². The summed E-state index contributed by atoms with van der Waals surface area (Å²) >= 11 is 0. The molecule has 0 atom stereocenters. The minimum Gasteiger partial charge on any atom is -0.386 e. The number of hydrogen-bond donors (Lipinski definition) is 2. The Balaban J connectivity index is 1.61. The summed E-state index contributed by atoms with van der Waals surface area (Å²) in [6.45, 7) is 7.70. The Morgan fingerprint density at radius 3 is 2.34 bits per heavy atom. The molecule has 0 radical (unpaired) electrons. The summed E-state index contributed by atoms with van der Waals surface area (Å²) in [6, 6.07) is 5.43. The van der Waals surface area contributed by atoms with Crippen LogP contribution in [0.2, 0.25) is 0 Å². The quantitative estimate of drug-likeness (QED) is 0.479. The van der Waals surface area contributed by atoms with Crippen molar-refractivity contribution in [3.8, 4) is 0 Å². The van der Waals surface area contributed by atoms with E-state index in [1.807, 2.05) is 10.9 Å². The van der Waals surface area contributed by atoms with E-state index >= 15 is 0 Å². The molecule has 7 nitrogen and oxygen atoms in total. The van der Waals surface area contributed by atoms with E-state index in [0.717, 1.165) is 43.1 Å². The van der Waals surface area contributed by atoms with Gasteiger partial charge in [0.2, 0.25) is 0 Å². The predicted octanol–water partition coefficient (Wildman–Crippen LogP) is 5.71. The number of amides is 1. The van der Waals surface area contributed by atoms with Crippen LogP contribution in [0.1, 0.15) is 81.2 Å². The summed E-state index contributed by atoms with van der Waals surface area (Å²) in [5.41, 5.74) is -1.28. The zero-order valence-corrected chi connectivity index (χ0v) is 20.2. The van der Waals surface area contributed by atoms with Crippen molar-refractivity contribution in [1.82, 2.24) is 20.0 Å². The minimum atomic E-state index is -4.64. The molecule has 1 amide bonds. The molecule has 4 rings (SSSR count). The van der Waals surface area contributed by atoms with Crippen LogP contribution in [0.15, 0.2) is 30.5 Å². The molecule has 2 heterocycles. The summed E-state index contributed by atoms with van der Waals surface area (Å²) in [4.78, 5) is 12.7. The van der Waals surface area contributed by atoms with Gasteiger partial charge in [-0.25, -0.2) is 0 Å². The van der Waals surface area contributed by atoms with Gasteiger partial charge in [-0.05, 0) is 75.6 Å². The summed E-state index contributed by atoms with van der Waals surface area (Å²) in [5, 5.41) is 25.5. The highest BCUT2D eigenvalue weighted by molar-refractivity contribution is 6.04. The van der Waals surface area contributed by atoms with Gasteiger partial charge in [-0.3, -0.25) is 9.48 Å². The number of hydrogen-bond acceptors (Lipinski definition) is 5. The first kappa shape index (κ1) is 25.1. The fourth-order valence-corrected chi connectivity index (χ4v) is 4.71. The monoisotopic (exact) mass is 489 g/mol. The van der Waals surface area contributed by atoms with Gasteiger partial charge in [-0.15, -0.1) is 10.2 Å². The Morgan fingerprint density at radius 2 is 1.80 bits per heavy atom. The molecular weight excluding hydrogens is 459 g/mol. The van der Waals surface area contributed by atoms with Crippen LogP contribution >= 0.6 is 0 Å². The third kappa shape index (κ3) is 5.47. The van der Waals surface area contributed by atoms with Crippen molar-refractivity contribution in [1.29, 1.82) is 0 Å². The summed E-state index contributed by atoms with van der Waals surface area (Å²) in [5.74, 6) is 0.672. The Hall–Kier alpha value is -3.01. The molecule has 1 fully saturated rings. The number of aromatic nitrogens is 4. The van der Waals surface area contributed by atoms with Crippen LogP contribution in [0.3, 0.4) is 0 Å². The fourth-order valence-electron chi connectivity index (χ4n) is 4.71. The Kier molecular flexibility index (Phi) is 6.61. The van der Waals surface area contributed by atoms with Crippen LogP contribution in [0, 0.1) is 11.8 Å². The summed E-state index contributed by atoms with van der Waals surface area (Å²) in [6.07, 6.45) is 1.70. The molecule has 35 heavy (non-hydrogen) atoms. The fraction of sp³-hybridized carbons (Fsp3) is 0.520. The first-order valence-electron chi connectivity index (χ1n) is 11.8. The van der Waals surface area contributed by atoms with E-state index in [4.69, 9.17) is 5.10 Å². The third-order valence-corrected chi connectivity index (χ3v) is 6.81. The van der Waals surface area contributed by atoms with Crippen molar-refractivity contribution in [3.05, 3.63) is 47.4 Å². The second kappa shape index (κ2) is 9.22. The molecular formula is C25H30F3N5O2. The molecule has 3 aromatic rings. The van der Waals surface area contributed by atoms with Crippen LogP contribution in [-0.2, 0) is 11.8 Å². The average Bonchev–Trinajstić information content (AvgIpc) is 3.20. The zero-order valence-electron chi connectivity index (χ0n) is 20.2. The molecule has 0 aliphatic heterocycles. The molecule has 0 saturated heterocycles. The number of nitrogens with zero attached hydrogens (tertiary/aromatic N) is 4. The number of alkyl halides is 3. The highest BCUT2D eigenvalue weighted by Gasteiger charge is 2.33. The van der Waals surface area contributed by atoms with Gasteiger partial charge >= 0.3 is 6.18 Å². The number of fused-ring (bicyclic) bond motifs is 1. The van der Waals surface area contributed by atoms with Crippen molar-refractivity contribution in [3.63, 3.8) is 0 Å². The lowest BCUT2D eigenvalue weighted by Gasteiger charge is -2.30. The maximum atomic E-state index is 12.8. The molecule has 1 aliphatic rings. The number of aliphatic hydroxyl groups is 1. The van der Waals surface area contributed by atoms with Gasteiger partial charge in [0.15, 0.2) is 11.4 Å². The lowest BCUT2D eigenvalue weighted by molar-refractivity contribution is -0.141. The molecule has 10 heteroatoms. The maximum absolute atomic E-state index is 12.8. The van der Waals surface area contributed by atoms with E-state index in [1.54, 1.807) is 26.0 Å². The van der Waals surface area contributed by atoms with Crippen LogP contribution in [0.25, 0.3) is 10.9 Å². The second-order valence-electron chi connectivity index (χ2n) is 10.2. The summed E-state index contributed by atoms with van der Waals surface area (Å²) in [7, 11) is 0. The number of benzene rings is 1. The number of halogens is 3. The topological polar surface area (TPSA) is 92.9 Å². The first-order chi connectivity index (χ1) is 16.3. The molecule has 1 aromatic carbocycles. The minimum absolute atomic E-state index is 0.266. The molecule has 1 aliphatic carbocycles. The molecule has 2 aromatic heterocycles. The van der Waals surface area contributed by atoms with Crippen LogP contribution in [0.5, 0.6) is 0 Å². The van der Waals surface area contributed by atoms with E-state index in [-0.39, 0.29) is 5.69 Å². The SMILES string of the molecule is CC(C)C1CCC(n2cc3cc(NC(=O)c4ccc(C(F)(F)F)nn4)c(C(C)(C)O)cc3n2)CC1. The molecule has 2 N–H and O–H groups in total. The van der Waals surface area contributed by atoms with Crippen molar-refractivity contribution < 1.29 is 23.1 Å². The van der Waals surface area contributed by atoms with E-state index in [0.29, 0.717) is 34.8 Å². The van der Waals surface area contributed by atoms with Crippen molar-refractivity contribution >= 4 is 22.5 Å². The first-order valence-corrected chi connectivity index (χ1v) is 11.8. The van der Waals surface area contributed by atoms with Gasteiger partial charge in [-0.1, -0.05) is 13.8 Å². The predicted molar refractivity (Wildman–Crippen MR) is 126 cm³/mol. The highest BCUT2D eigenvalue weighted by Crippen LogP contribution is 2.37. The van der Waals surface area contributed by atoms with Gasteiger partial charge < -0.3 is 10.4 Å². The smallest absolute Gasteiger partial charge is 0.386 e. The van der Waals surface area contributed by atoms with E-state index in [1.165, 1.54) is 0 Å². The molecule has 0 bridgehead atoms. The highest BCUT2D eigenvalue weighted by atomic mass is 19.4. The normalized spacial score (nSPS) is 19.3. The van der Waals surface area contributed by atoms with Crippen molar-refractivity contribution in [2.75, 3.05) is 5.32 Å². The van der Waals surface area contributed by atoms with Crippen molar-refractivity contribution in [2.24, 2.45) is 11.8 Å². The average molecular weight is 490 g/mol. The van der Waals surface area contributed by atoms with Gasteiger partial charge in [0.05, 0.1) is 17.2 Å².